The first kappa shape index (κ1) is 22.0. The number of aromatic nitrogens is 5. The lowest BCUT2D eigenvalue weighted by atomic mass is 10.1. The first-order chi connectivity index (χ1) is 16.5. The molecule has 0 spiro atoms. The standard InChI is InChI=1S/C24H22ClN5O4/c1-27-21-20(22(31)28(24(27)32)11-12-33-2)29-14-18(15-7-5-4-6-8-15)30(23(29)26-21)17-13-16(25)9-10-19(17)34-3/h4-10,13-14H,11-12H2,1-3H3. The molecule has 3 aromatic heterocycles. The van der Waals surface area contributed by atoms with Crippen molar-refractivity contribution in [2.45, 2.75) is 6.54 Å². The minimum Gasteiger partial charge on any atom is -0.495 e. The summed E-state index contributed by atoms with van der Waals surface area (Å²) in [7, 11) is 4.70. The monoisotopic (exact) mass is 479 g/mol. The van der Waals surface area contributed by atoms with E-state index >= 15 is 0 Å². The second-order valence-electron chi connectivity index (χ2n) is 7.78. The van der Waals surface area contributed by atoms with Crippen molar-refractivity contribution < 1.29 is 9.47 Å². The van der Waals surface area contributed by atoms with E-state index in [0.717, 1.165) is 11.3 Å². The van der Waals surface area contributed by atoms with Gasteiger partial charge in [-0.3, -0.25) is 22.9 Å². The maximum Gasteiger partial charge on any atom is 0.332 e. The Morgan fingerprint density at radius 3 is 2.53 bits per heavy atom. The van der Waals surface area contributed by atoms with Gasteiger partial charge in [-0.05, 0) is 18.2 Å². The van der Waals surface area contributed by atoms with Gasteiger partial charge in [0, 0.05) is 30.9 Å². The van der Waals surface area contributed by atoms with Crippen LogP contribution < -0.4 is 16.0 Å². The summed E-state index contributed by atoms with van der Waals surface area (Å²) >= 11 is 6.35. The fraction of sp³-hybridized carbons (Fsp3) is 0.208. The van der Waals surface area contributed by atoms with Crippen LogP contribution in [0, 0.1) is 0 Å². The van der Waals surface area contributed by atoms with E-state index in [-0.39, 0.29) is 18.8 Å². The predicted octanol–water partition coefficient (Wildman–Crippen LogP) is 3.11. The van der Waals surface area contributed by atoms with Crippen LogP contribution in [0.4, 0.5) is 0 Å². The topological polar surface area (TPSA) is 84.7 Å². The number of fused-ring (bicyclic) bond motifs is 3. The fourth-order valence-corrected chi connectivity index (χ4v) is 4.33. The quantitative estimate of drug-likeness (QED) is 0.373. The van der Waals surface area contributed by atoms with Crippen molar-refractivity contribution in [3.63, 3.8) is 0 Å². The van der Waals surface area contributed by atoms with Gasteiger partial charge in [0.25, 0.3) is 5.56 Å². The van der Waals surface area contributed by atoms with E-state index in [0.29, 0.717) is 27.8 Å². The second kappa shape index (κ2) is 8.51. The van der Waals surface area contributed by atoms with Crippen molar-refractivity contribution in [1.82, 2.24) is 23.1 Å². The maximum absolute atomic E-state index is 13.4. The zero-order valence-corrected chi connectivity index (χ0v) is 19.6. The molecule has 174 valence electrons. The summed E-state index contributed by atoms with van der Waals surface area (Å²) in [6.45, 7) is 0.373. The van der Waals surface area contributed by atoms with Gasteiger partial charge in [-0.25, -0.2) is 4.79 Å². The number of aryl methyl sites for hydroxylation is 1. The average molecular weight is 480 g/mol. The average Bonchev–Trinajstić information content (AvgIpc) is 3.39. The highest BCUT2D eigenvalue weighted by atomic mass is 35.5. The molecule has 0 amide bonds. The van der Waals surface area contributed by atoms with Crippen molar-refractivity contribution in [2.24, 2.45) is 7.05 Å². The summed E-state index contributed by atoms with van der Waals surface area (Å²) in [5.74, 6) is 1.03. The molecule has 0 saturated heterocycles. The van der Waals surface area contributed by atoms with E-state index < -0.39 is 11.2 Å². The van der Waals surface area contributed by atoms with Crippen LogP contribution in [0.25, 0.3) is 33.9 Å². The number of halogens is 1. The van der Waals surface area contributed by atoms with Gasteiger partial charge in [0.05, 0.1) is 31.6 Å². The first-order valence-corrected chi connectivity index (χ1v) is 11.0. The van der Waals surface area contributed by atoms with Crippen LogP contribution in [0.3, 0.4) is 0 Å². The Morgan fingerprint density at radius 2 is 1.82 bits per heavy atom. The fourth-order valence-electron chi connectivity index (χ4n) is 4.16. The molecule has 0 N–H and O–H groups in total. The molecule has 0 fully saturated rings. The molecule has 0 atom stereocenters. The summed E-state index contributed by atoms with van der Waals surface area (Å²) in [5.41, 5.74) is 2.04. The Labute approximate surface area is 199 Å². The third-order valence-electron chi connectivity index (χ3n) is 5.82. The minimum atomic E-state index is -0.453. The normalized spacial score (nSPS) is 11.5. The molecular weight excluding hydrogens is 458 g/mol. The summed E-state index contributed by atoms with van der Waals surface area (Å²) in [6, 6.07) is 15.0. The van der Waals surface area contributed by atoms with Crippen molar-refractivity contribution in [3.8, 4) is 22.7 Å². The Balaban J connectivity index is 1.94. The number of nitrogens with zero attached hydrogens (tertiary/aromatic N) is 5. The molecule has 0 unspecified atom stereocenters. The molecule has 0 aliphatic rings. The van der Waals surface area contributed by atoms with Gasteiger partial charge >= 0.3 is 5.69 Å². The lowest BCUT2D eigenvalue weighted by Crippen LogP contribution is -2.40. The second-order valence-corrected chi connectivity index (χ2v) is 8.21. The molecule has 0 bridgehead atoms. The van der Waals surface area contributed by atoms with Gasteiger partial charge in [-0.1, -0.05) is 41.9 Å². The molecule has 0 saturated carbocycles. The zero-order valence-electron chi connectivity index (χ0n) is 18.9. The van der Waals surface area contributed by atoms with E-state index in [1.165, 1.54) is 16.2 Å². The number of methoxy groups -OCH3 is 2. The molecule has 2 aromatic carbocycles. The van der Waals surface area contributed by atoms with Gasteiger partial charge in [-0.2, -0.15) is 4.98 Å². The summed E-state index contributed by atoms with van der Waals surface area (Å²) < 4.78 is 16.8. The largest absolute Gasteiger partial charge is 0.495 e. The third-order valence-corrected chi connectivity index (χ3v) is 6.06. The predicted molar refractivity (Wildman–Crippen MR) is 130 cm³/mol. The molecule has 0 aliphatic heterocycles. The molecular formula is C24H22ClN5O4. The van der Waals surface area contributed by atoms with Gasteiger partial charge < -0.3 is 9.47 Å². The highest BCUT2D eigenvalue weighted by Gasteiger charge is 2.23. The van der Waals surface area contributed by atoms with Crippen molar-refractivity contribution in [1.29, 1.82) is 0 Å². The molecule has 10 heteroatoms. The van der Waals surface area contributed by atoms with Crippen LogP contribution in [0.1, 0.15) is 0 Å². The highest BCUT2D eigenvalue weighted by Crippen LogP contribution is 2.34. The maximum atomic E-state index is 13.4. The Bertz CT molecular complexity index is 1650. The smallest absolute Gasteiger partial charge is 0.332 e. The van der Waals surface area contributed by atoms with Crippen LogP contribution in [0.2, 0.25) is 5.02 Å². The van der Waals surface area contributed by atoms with Crippen LogP contribution >= 0.6 is 11.6 Å². The summed E-state index contributed by atoms with van der Waals surface area (Å²) in [6.07, 6.45) is 1.84. The number of rotatable bonds is 6. The lowest BCUT2D eigenvalue weighted by molar-refractivity contribution is 0.184. The number of ether oxygens (including phenoxy) is 2. The van der Waals surface area contributed by atoms with Crippen LogP contribution in [-0.2, 0) is 18.3 Å². The molecule has 3 heterocycles. The van der Waals surface area contributed by atoms with Gasteiger partial charge in [0.1, 0.15) is 5.75 Å². The Morgan fingerprint density at radius 1 is 1.06 bits per heavy atom. The van der Waals surface area contributed by atoms with E-state index in [4.69, 9.17) is 26.1 Å². The van der Waals surface area contributed by atoms with Gasteiger partial charge in [-0.15, -0.1) is 0 Å². The molecule has 5 rings (SSSR count). The molecule has 0 aliphatic carbocycles. The van der Waals surface area contributed by atoms with Crippen molar-refractivity contribution >= 4 is 28.5 Å². The minimum absolute atomic E-state index is 0.138. The number of hydrogen-bond acceptors (Lipinski definition) is 5. The molecule has 0 radical (unpaired) electrons. The van der Waals surface area contributed by atoms with E-state index in [9.17, 15) is 9.59 Å². The highest BCUT2D eigenvalue weighted by molar-refractivity contribution is 6.30. The number of benzene rings is 2. The Kier molecular flexibility index (Phi) is 5.51. The van der Waals surface area contributed by atoms with Crippen LogP contribution in [0.15, 0.2) is 64.3 Å². The van der Waals surface area contributed by atoms with E-state index in [1.54, 1.807) is 36.8 Å². The van der Waals surface area contributed by atoms with Gasteiger partial charge in [0.2, 0.25) is 5.78 Å². The lowest BCUT2D eigenvalue weighted by Gasteiger charge is -2.13. The van der Waals surface area contributed by atoms with Crippen molar-refractivity contribution in [3.05, 3.63) is 80.6 Å². The number of hydrogen-bond donors (Lipinski definition) is 0. The Hall–Kier alpha value is -3.82. The van der Waals surface area contributed by atoms with Crippen LogP contribution in [-0.4, -0.2) is 43.9 Å². The first-order valence-electron chi connectivity index (χ1n) is 10.6. The summed E-state index contributed by atoms with van der Waals surface area (Å²) in [5, 5.41) is 0.520. The SMILES string of the molecule is COCCn1c(=O)c2c(nc3n(-c4cc(Cl)ccc4OC)c(-c4ccccc4)cn23)n(C)c1=O. The zero-order chi connectivity index (χ0) is 24.0. The van der Waals surface area contributed by atoms with E-state index in [1.807, 2.05) is 41.1 Å². The third kappa shape index (κ3) is 3.32. The van der Waals surface area contributed by atoms with Crippen molar-refractivity contribution in [2.75, 3.05) is 20.8 Å². The molecule has 5 aromatic rings. The molecule has 34 heavy (non-hydrogen) atoms. The summed E-state index contributed by atoms with van der Waals surface area (Å²) in [4.78, 5) is 31.0. The van der Waals surface area contributed by atoms with Crippen LogP contribution in [0.5, 0.6) is 5.75 Å². The number of imidazole rings is 2. The molecule has 9 nitrogen and oxygen atoms in total. The van der Waals surface area contributed by atoms with Gasteiger partial charge in [0.15, 0.2) is 11.2 Å². The van der Waals surface area contributed by atoms with E-state index in [2.05, 4.69) is 0 Å².